The zero-order valence-electron chi connectivity index (χ0n) is 17.0. The summed E-state index contributed by atoms with van der Waals surface area (Å²) in [5.74, 6) is 2.47. The number of furan rings is 1. The number of piperazine rings is 1. The summed E-state index contributed by atoms with van der Waals surface area (Å²) in [5, 5.41) is 0. The zero-order chi connectivity index (χ0) is 20.9. The van der Waals surface area contributed by atoms with Crippen LogP contribution < -0.4 is 4.90 Å². The van der Waals surface area contributed by atoms with Gasteiger partial charge in [0.05, 0.1) is 5.75 Å². The lowest BCUT2D eigenvalue weighted by Crippen LogP contribution is -2.49. The predicted octanol–water partition coefficient (Wildman–Crippen LogP) is 3.39. The highest BCUT2D eigenvalue weighted by Crippen LogP contribution is 2.17. The highest BCUT2D eigenvalue weighted by atomic mass is 32.2. The molecule has 0 saturated carbocycles. The van der Waals surface area contributed by atoms with Crippen LogP contribution in [0.15, 0.2) is 65.2 Å². The normalized spacial score (nSPS) is 15.2. The molecule has 7 heteroatoms. The Morgan fingerprint density at radius 3 is 2.47 bits per heavy atom. The molecule has 0 unspecified atom stereocenters. The van der Waals surface area contributed by atoms with Gasteiger partial charge < -0.3 is 14.2 Å². The molecule has 30 heavy (non-hydrogen) atoms. The SMILES string of the molecule is Cc1ccc(C[S@](=O)Cc2ccc(C(=O)N3CCN(c4ccccn4)CC3)o2)cc1. The van der Waals surface area contributed by atoms with Gasteiger partial charge in [-0.25, -0.2) is 4.98 Å². The van der Waals surface area contributed by atoms with E-state index in [9.17, 15) is 9.00 Å². The van der Waals surface area contributed by atoms with Crippen LogP contribution in [0.4, 0.5) is 5.82 Å². The van der Waals surface area contributed by atoms with Crippen molar-refractivity contribution in [2.75, 3.05) is 31.1 Å². The standard InChI is InChI=1S/C23H25N3O3S/c1-18-5-7-19(8-6-18)16-30(28)17-20-9-10-21(29-20)23(27)26-14-12-25(13-15-26)22-4-2-3-11-24-22/h2-11H,12-17H2,1H3/t30-/m0/s1. The number of hydrogen-bond donors (Lipinski definition) is 0. The van der Waals surface area contributed by atoms with Crippen LogP contribution in [0.25, 0.3) is 0 Å². The van der Waals surface area contributed by atoms with E-state index in [1.54, 1.807) is 23.2 Å². The molecule has 3 heterocycles. The molecule has 1 atom stereocenters. The number of aryl methyl sites for hydroxylation is 1. The van der Waals surface area contributed by atoms with E-state index in [0.717, 1.165) is 24.5 Å². The third kappa shape index (κ3) is 4.97. The van der Waals surface area contributed by atoms with Crippen LogP contribution in [-0.4, -0.2) is 46.2 Å². The number of benzene rings is 1. The van der Waals surface area contributed by atoms with Crippen molar-refractivity contribution in [2.45, 2.75) is 18.4 Å². The first kappa shape index (κ1) is 20.3. The average Bonchev–Trinajstić information content (AvgIpc) is 3.24. The lowest BCUT2D eigenvalue weighted by atomic mass is 10.2. The lowest BCUT2D eigenvalue weighted by Gasteiger charge is -2.34. The van der Waals surface area contributed by atoms with E-state index < -0.39 is 10.8 Å². The Hall–Kier alpha value is -2.93. The maximum atomic E-state index is 12.8. The monoisotopic (exact) mass is 423 g/mol. The highest BCUT2D eigenvalue weighted by molar-refractivity contribution is 7.83. The minimum absolute atomic E-state index is 0.119. The van der Waals surface area contributed by atoms with Gasteiger partial charge in [0.15, 0.2) is 5.76 Å². The van der Waals surface area contributed by atoms with E-state index in [1.807, 2.05) is 49.4 Å². The molecule has 1 aliphatic rings. The van der Waals surface area contributed by atoms with Gasteiger partial charge in [-0.05, 0) is 36.8 Å². The molecule has 1 fully saturated rings. The molecule has 3 aromatic rings. The van der Waals surface area contributed by atoms with E-state index >= 15 is 0 Å². The van der Waals surface area contributed by atoms with Crippen molar-refractivity contribution in [3.8, 4) is 0 Å². The number of carbonyl (C=O) groups is 1. The molecular formula is C23H25N3O3S. The molecule has 0 radical (unpaired) electrons. The van der Waals surface area contributed by atoms with Gasteiger partial charge in [-0.15, -0.1) is 0 Å². The quantitative estimate of drug-likeness (QED) is 0.608. The second-order valence-corrected chi connectivity index (χ2v) is 8.90. The summed E-state index contributed by atoms with van der Waals surface area (Å²) >= 11 is 0. The number of hydrogen-bond acceptors (Lipinski definition) is 5. The van der Waals surface area contributed by atoms with Crippen molar-refractivity contribution in [2.24, 2.45) is 0 Å². The summed E-state index contributed by atoms with van der Waals surface area (Å²) in [6.07, 6.45) is 1.78. The molecule has 1 saturated heterocycles. The zero-order valence-corrected chi connectivity index (χ0v) is 17.8. The third-order valence-corrected chi connectivity index (χ3v) is 6.43. The Bertz CT molecular complexity index is 1010. The van der Waals surface area contributed by atoms with Crippen molar-refractivity contribution in [3.05, 3.63) is 83.4 Å². The summed E-state index contributed by atoms with van der Waals surface area (Å²) < 4.78 is 18.2. The molecule has 0 N–H and O–H groups in total. The average molecular weight is 424 g/mol. The van der Waals surface area contributed by atoms with Gasteiger partial charge >= 0.3 is 0 Å². The maximum absolute atomic E-state index is 12.8. The number of aromatic nitrogens is 1. The highest BCUT2D eigenvalue weighted by Gasteiger charge is 2.25. The smallest absolute Gasteiger partial charge is 0.289 e. The Kier molecular flexibility index (Phi) is 6.28. The van der Waals surface area contributed by atoms with Crippen LogP contribution >= 0.6 is 0 Å². The largest absolute Gasteiger partial charge is 0.455 e. The fourth-order valence-electron chi connectivity index (χ4n) is 3.49. The molecular weight excluding hydrogens is 398 g/mol. The second kappa shape index (κ2) is 9.26. The van der Waals surface area contributed by atoms with E-state index in [2.05, 4.69) is 9.88 Å². The second-order valence-electron chi connectivity index (χ2n) is 7.45. The summed E-state index contributed by atoms with van der Waals surface area (Å²) in [6.45, 7) is 4.73. The molecule has 6 nitrogen and oxygen atoms in total. The van der Waals surface area contributed by atoms with Crippen LogP contribution in [-0.2, 0) is 22.3 Å². The Morgan fingerprint density at radius 1 is 1.00 bits per heavy atom. The lowest BCUT2D eigenvalue weighted by molar-refractivity contribution is 0.0713. The molecule has 0 spiro atoms. The van der Waals surface area contributed by atoms with Crippen LogP contribution in [0, 0.1) is 6.92 Å². The number of rotatable bonds is 6. The fraction of sp³-hybridized carbons (Fsp3) is 0.304. The van der Waals surface area contributed by atoms with Crippen LogP contribution in [0.2, 0.25) is 0 Å². The van der Waals surface area contributed by atoms with Gasteiger partial charge in [-0.1, -0.05) is 35.9 Å². The minimum atomic E-state index is -1.09. The van der Waals surface area contributed by atoms with Crippen LogP contribution in [0.1, 0.15) is 27.4 Å². The number of nitrogens with zero attached hydrogens (tertiary/aromatic N) is 3. The first-order chi connectivity index (χ1) is 14.6. The van der Waals surface area contributed by atoms with Gasteiger partial charge in [-0.3, -0.25) is 9.00 Å². The molecule has 1 aromatic carbocycles. The van der Waals surface area contributed by atoms with Crippen molar-refractivity contribution >= 4 is 22.5 Å². The molecule has 2 aromatic heterocycles. The summed E-state index contributed by atoms with van der Waals surface area (Å²) in [5.41, 5.74) is 2.21. The van der Waals surface area contributed by atoms with Crippen molar-refractivity contribution < 1.29 is 13.4 Å². The summed E-state index contributed by atoms with van der Waals surface area (Å²) in [6, 6.07) is 17.3. The van der Waals surface area contributed by atoms with Crippen LogP contribution in [0.3, 0.4) is 0 Å². The van der Waals surface area contributed by atoms with E-state index in [0.29, 0.717) is 36.1 Å². The Morgan fingerprint density at radius 2 is 1.77 bits per heavy atom. The van der Waals surface area contributed by atoms with Crippen molar-refractivity contribution in [3.63, 3.8) is 0 Å². The van der Waals surface area contributed by atoms with E-state index in [-0.39, 0.29) is 5.91 Å². The van der Waals surface area contributed by atoms with Gasteiger partial charge in [0.25, 0.3) is 5.91 Å². The molecule has 4 rings (SSSR count). The minimum Gasteiger partial charge on any atom is -0.455 e. The predicted molar refractivity (Wildman–Crippen MR) is 118 cm³/mol. The first-order valence-electron chi connectivity index (χ1n) is 10.0. The maximum Gasteiger partial charge on any atom is 0.289 e. The van der Waals surface area contributed by atoms with Gasteiger partial charge in [0.2, 0.25) is 0 Å². The third-order valence-electron chi connectivity index (χ3n) is 5.16. The molecule has 0 aliphatic carbocycles. The molecule has 1 amide bonds. The molecule has 1 aliphatic heterocycles. The van der Waals surface area contributed by atoms with E-state index in [1.165, 1.54) is 5.56 Å². The Labute approximate surface area is 179 Å². The van der Waals surface area contributed by atoms with E-state index in [4.69, 9.17) is 4.42 Å². The molecule has 0 bridgehead atoms. The van der Waals surface area contributed by atoms with Crippen molar-refractivity contribution in [1.82, 2.24) is 9.88 Å². The topological polar surface area (TPSA) is 66.7 Å². The Balaban J connectivity index is 1.31. The van der Waals surface area contributed by atoms with Gasteiger partial charge in [0, 0.05) is 48.9 Å². The van der Waals surface area contributed by atoms with Gasteiger partial charge in [-0.2, -0.15) is 0 Å². The first-order valence-corrected chi connectivity index (χ1v) is 11.5. The van der Waals surface area contributed by atoms with Crippen LogP contribution in [0.5, 0.6) is 0 Å². The summed E-state index contributed by atoms with van der Waals surface area (Å²) in [7, 11) is -1.09. The number of anilines is 1. The number of carbonyl (C=O) groups excluding carboxylic acids is 1. The number of pyridine rings is 1. The van der Waals surface area contributed by atoms with Gasteiger partial charge in [0.1, 0.15) is 11.6 Å². The fourth-order valence-corrected chi connectivity index (χ4v) is 4.62. The molecule has 156 valence electrons. The van der Waals surface area contributed by atoms with Crippen molar-refractivity contribution in [1.29, 1.82) is 0 Å². The number of amides is 1. The summed E-state index contributed by atoms with van der Waals surface area (Å²) in [4.78, 5) is 21.1.